The lowest BCUT2D eigenvalue weighted by molar-refractivity contribution is -0.131. The molecule has 0 bridgehead atoms. The van der Waals surface area contributed by atoms with Crippen LogP contribution in [0.4, 0.5) is 0 Å². The van der Waals surface area contributed by atoms with Gasteiger partial charge in [-0.25, -0.2) is 12.7 Å². The SMILES string of the molecule is CCCC[C@H]1CCCCCCCCCCN(S(=O)(=O)c2ccccc2)C1=O. The van der Waals surface area contributed by atoms with Gasteiger partial charge in [0.1, 0.15) is 0 Å². The fraction of sp³-hybridized carbons (Fsp3) is 0.682. The van der Waals surface area contributed by atoms with Gasteiger partial charge >= 0.3 is 0 Å². The molecule has 0 spiro atoms. The van der Waals surface area contributed by atoms with Crippen molar-refractivity contribution in [2.45, 2.75) is 88.9 Å². The Balaban J connectivity index is 2.27. The van der Waals surface area contributed by atoms with Gasteiger partial charge in [0.05, 0.1) is 4.90 Å². The lowest BCUT2D eigenvalue weighted by atomic mass is 9.94. The van der Waals surface area contributed by atoms with Crippen molar-refractivity contribution < 1.29 is 13.2 Å². The number of hydrogen-bond acceptors (Lipinski definition) is 3. The first-order valence-corrected chi connectivity index (χ1v) is 12.1. The second-order valence-electron chi connectivity index (χ2n) is 7.68. The fourth-order valence-electron chi connectivity index (χ4n) is 3.82. The van der Waals surface area contributed by atoms with Crippen molar-refractivity contribution in [2.75, 3.05) is 6.54 Å². The van der Waals surface area contributed by atoms with Crippen LogP contribution in [0.5, 0.6) is 0 Å². The Bertz CT molecular complexity index is 657. The van der Waals surface area contributed by atoms with E-state index in [1.807, 2.05) is 0 Å². The van der Waals surface area contributed by atoms with Crippen LogP contribution in [0.1, 0.15) is 84.0 Å². The molecular weight excluding hydrogens is 358 g/mol. The zero-order chi connectivity index (χ0) is 19.5. The molecule has 1 aromatic carbocycles. The Morgan fingerprint density at radius 2 is 1.52 bits per heavy atom. The molecule has 0 aliphatic carbocycles. The average Bonchev–Trinajstić information content (AvgIpc) is 2.69. The molecule has 0 saturated carbocycles. The number of benzene rings is 1. The van der Waals surface area contributed by atoms with Gasteiger partial charge in [-0.05, 0) is 31.4 Å². The summed E-state index contributed by atoms with van der Waals surface area (Å²) in [4.78, 5) is 13.5. The van der Waals surface area contributed by atoms with Gasteiger partial charge in [-0.2, -0.15) is 0 Å². The molecule has 1 aliphatic rings. The standard InChI is InChI=1S/C22H35NO3S/c1-2-3-15-20-16-11-8-6-4-5-7-9-14-19-23(22(20)24)27(25,26)21-17-12-10-13-18-21/h10,12-13,17-18,20H,2-9,11,14-16,19H2,1H3/t20-/m0/s1. The monoisotopic (exact) mass is 393 g/mol. The van der Waals surface area contributed by atoms with E-state index >= 15 is 0 Å². The highest BCUT2D eigenvalue weighted by atomic mass is 32.2. The maximum Gasteiger partial charge on any atom is 0.266 e. The first-order chi connectivity index (χ1) is 13.1. The number of amides is 1. The summed E-state index contributed by atoms with van der Waals surface area (Å²) in [6, 6.07) is 8.40. The van der Waals surface area contributed by atoms with Crippen LogP contribution in [-0.4, -0.2) is 25.2 Å². The number of rotatable bonds is 5. The number of sulfonamides is 1. The van der Waals surface area contributed by atoms with E-state index in [4.69, 9.17) is 0 Å². The third-order valence-electron chi connectivity index (χ3n) is 5.50. The highest BCUT2D eigenvalue weighted by Gasteiger charge is 2.33. The van der Waals surface area contributed by atoms with Gasteiger partial charge < -0.3 is 0 Å². The molecule has 1 heterocycles. The zero-order valence-electron chi connectivity index (χ0n) is 16.7. The Morgan fingerprint density at radius 1 is 0.926 bits per heavy atom. The van der Waals surface area contributed by atoms with Crippen LogP contribution in [-0.2, 0) is 14.8 Å². The first kappa shape index (κ1) is 21.9. The summed E-state index contributed by atoms with van der Waals surface area (Å²) in [5.41, 5.74) is 0. The minimum absolute atomic E-state index is 0.177. The largest absolute Gasteiger partial charge is 0.273 e. The molecule has 0 unspecified atom stereocenters. The maximum absolute atomic E-state index is 13.3. The van der Waals surface area contributed by atoms with Crippen molar-refractivity contribution in [3.05, 3.63) is 30.3 Å². The second kappa shape index (κ2) is 11.5. The Kier molecular flexibility index (Phi) is 9.32. The normalized spacial score (nSPS) is 21.1. The third-order valence-corrected chi connectivity index (χ3v) is 7.31. The van der Waals surface area contributed by atoms with Crippen molar-refractivity contribution in [2.24, 2.45) is 5.92 Å². The minimum Gasteiger partial charge on any atom is -0.273 e. The quantitative estimate of drug-likeness (QED) is 0.660. The van der Waals surface area contributed by atoms with Gasteiger partial charge in [0.2, 0.25) is 5.91 Å². The second-order valence-corrected chi connectivity index (χ2v) is 9.55. The van der Waals surface area contributed by atoms with E-state index in [0.717, 1.165) is 57.8 Å². The summed E-state index contributed by atoms with van der Waals surface area (Å²) in [6.45, 7) is 2.42. The number of nitrogens with zero attached hydrogens (tertiary/aromatic N) is 1. The lowest BCUT2D eigenvalue weighted by Crippen LogP contribution is -2.41. The van der Waals surface area contributed by atoms with Gasteiger partial charge in [-0.3, -0.25) is 4.79 Å². The lowest BCUT2D eigenvalue weighted by Gasteiger charge is -2.27. The molecule has 1 aromatic rings. The molecule has 0 aromatic heterocycles. The van der Waals surface area contributed by atoms with E-state index in [1.54, 1.807) is 30.3 Å². The molecule has 0 radical (unpaired) electrons. The van der Waals surface area contributed by atoms with Crippen LogP contribution in [0.15, 0.2) is 35.2 Å². The van der Waals surface area contributed by atoms with Crippen molar-refractivity contribution in [3.8, 4) is 0 Å². The summed E-state index contributed by atoms with van der Waals surface area (Å²) in [5, 5.41) is 0. The van der Waals surface area contributed by atoms with Crippen LogP contribution in [0.25, 0.3) is 0 Å². The number of hydrogen-bond donors (Lipinski definition) is 0. The molecule has 152 valence electrons. The van der Waals surface area contributed by atoms with Crippen LogP contribution >= 0.6 is 0 Å². The van der Waals surface area contributed by atoms with E-state index in [2.05, 4.69) is 6.92 Å². The van der Waals surface area contributed by atoms with Crippen LogP contribution in [0, 0.1) is 5.92 Å². The van der Waals surface area contributed by atoms with Crippen molar-refractivity contribution >= 4 is 15.9 Å². The first-order valence-electron chi connectivity index (χ1n) is 10.7. The smallest absolute Gasteiger partial charge is 0.266 e. The van der Waals surface area contributed by atoms with Gasteiger partial charge in [0.15, 0.2) is 0 Å². The highest BCUT2D eigenvalue weighted by Crippen LogP contribution is 2.25. The van der Waals surface area contributed by atoms with E-state index < -0.39 is 10.0 Å². The summed E-state index contributed by atoms with van der Waals surface area (Å²) < 4.78 is 27.6. The van der Waals surface area contributed by atoms with E-state index in [1.165, 1.54) is 23.6 Å². The molecule has 1 saturated heterocycles. The topological polar surface area (TPSA) is 54.5 Å². The zero-order valence-corrected chi connectivity index (χ0v) is 17.6. The summed E-state index contributed by atoms with van der Waals surface area (Å²) in [5.74, 6) is -0.365. The summed E-state index contributed by atoms with van der Waals surface area (Å²) >= 11 is 0. The van der Waals surface area contributed by atoms with Gasteiger partial charge in [0, 0.05) is 12.5 Å². The van der Waals surface area contributed by atoms with Crippen molar-refractivity contribution in [1.29, 1.82) is 0 Å². The van der Waals surface area contributed by atoms with Crippen LogP contribution < -0.4 is 0 Å². The predicted molar refractivity (Wildman–Crippen MR) is 110 cm³/mol. The van der Waals surface area contributed by atoms with Gasteiger partial charge in [0.25, 0.3) is 10.0 Å². The van der Waals surface area contributed by atoms with E-state index in [-0.39, 0.29) is 16.7 Å². The molecule has 1 atom stereocenters. The fourth-order valence-corrected chi connectivity index (χ4v) is 5.33. The molecule has 0 N–H and O–H groups in total. The predicted octanol–water partition coefficient (Wildman–Crippen LogP) is 5.53. The highest BCUT2D eigenvalue weighted by molar-refractivity contribution is 7.89. The molecule has 5 heteroatoms. The molecule has 1 fully saturated rings. The molecule has 1 amide bonds. The molecule has 1 aliphatic heterocycles. The van der Waals surface area contributed by atoms with Crippen LogP contribution in [0.2, 0.25) is 0 Å². The van der Waals surface area contributed by atoms with Gasteiger partial charge in [-0.15, -0.1) is 0 Å². The molecule has 2 rings (SSSR count). The summed E-state index contributed by atoms with van der Waals surface area (Å²) in [7, 11) is -3.78. The summed E-state index contributed by atoms with van der Waals surface area (Å²) in [6.07, 6.45) is 12.3. The maximum atomic E-state index is 13.3. The van der Waals surface area contributed by atoms with Crippen molar-refractivity contribution in [1.82, 2.24) is 4.31 Å². The third kappa shape index (κ3) is 6.63. The van der Waals surface area contributed by atoms with Crippen LogP contribution in [0.3, 0.4) is 0 Å². The number of carbonyl (C=O) groups is 1. The molecule has 27 heavy (non-hydrogen) atoms. The number of unbranched alkanes of at least 4 members (excludes halogenated alkanes) is 1. The minimum atomic E-state index is -3.78. The van der Waals surface area contributed by atoms with Crippen molar-refractivity contribution in [3.63, 3.8) is 0 Å². The molecule has 4 nitrogen and oxygen atoms in total. The van der Waals surface area contributed by atoms with E-state index in [9.17, 15) is 13.2 Å². The average molecular weight is 394 g/mol. The Morgan fingerprint density at radius 3 is 2.15 bits per heavy atom. The van der Waals surface area contributed by atoms with Gasteiger partial charge in [-0.1, -0.05) is 82.9 Å². The molecular formula is C22H35NO3S. The Labute approximate surface area is 165 Å². The van der Waals surface area contributed by atoms with E-state index in [0.29, 0.717) is 6.54 Å². The Hall–Kier alpha value is -1.36. The number of carbonyl (C=O) groups excluding carboxylic acids is 1.